The van der Waals surface area contributed by atoms with Crippen LogP contribution in [0.4, 0.5) is 24.5 Å². The Hall–Kier alpha value is -1.63. The molecule has 0 radical (unpaired) electrons. The van der Waals surface area contributed by atoms with Gasteiger partial charge in [-0.15, -0.1) is 0 Å². The third-order valence-electron chi connectivity index (χ3n) is 3.47. The lowest BCUT2D eigenvalue weighted by atomic mass is 10.2. The lowest BCUT2D eigenvalue weighted by Crippen LogP contribution is -2.28. The summed E-state index contributed by atoms with van der Waals surface area (Å²) in [6, 6.07) is 4.94. The zero-order valence-electron chi connectivity index (χ0n) is 12.0. The molecule has 1 aromatic carbocycles. The Morgan fingerprint density at radius 1 is 1.19 bits per heavy atom. The van der Waals surface area contributed by atoms with Crippen molar-refractivity contribution in [3.05, 3.63) is 18.2 Å². The molecule has 1 aromatic rings. The predicted octanol–water partition coefficient (Wildman–Crippen LogP) is 2.35. The second kappa shape index (κ2) is 6.43. The van der Waals surface area contributed by atoms with Crippen LogP contribution >= 0.6 is 0 Å². The smallest absolute Gasteiger partial charge is 0.422 e. The van der Waals surface area contributed by atoms with E-state index in [4.69, 9.17) is 10.5 Å². The van der Waals surface area contributed by atoms with Crippen molar-refractivity contribution in [2.24, 2.45) is 0 Å². The van der Waals surface area contributed by atoms with Crippen LogP contribution in [0.1, 0.15) is 6.42 Å². The summed E-state index contributed by atoms with van der Waals surface area (Å²) >= 11 is 0. The van der Waals surface area contributed by atoms with Crippen LogP contribution in [0.15, 0.2) is 18.2 Å². The molecule has 0 bridgehead atoms. The molecule has 2 N–H and O–H groups in total. The van der Waals surface area contributed by atoms with Crippen LogP contribution in [0, 0.1) is 0 Å². The highest BCUT2D eigenvalue weighted by atomic mass is 19.4. The van der Waals surface area contributed by atoms with E-state index in [-0.39, 0.29) is 11.4 Å². The van der Waals surface area contributed by atoms with E-state index in [0.29, 0.717) is 0 Å². The van der Waals surface area contributed by atoms with Gasteiger partial charge in [0.25, 0.3) is 0 Å². The van der Waals surface area contributed by atoms with Crippen molar-refractivity contribution in [2.45, 2.75) is 12.6 Å². The van der Waals surface area contributed by atoms with Gasteiger partial charge in [0.1, 0.15) is 5.75 Å². The minimum atomic E-state index is -4.36. The Balaban J connectivity index is 2.04. The lowest BCUT2D eigenvalue weighted by Gasteiger charge is -2.23. The fraction of sp³-hybridized carbons (Fsp3) is 0.571. The van der Waals surface area contributed by atoms with Gasteiger partial charge in [0, 0.05) is 25.3 Å². The first-order chi connectivity index (χ1) is 9.85. The predicted molar refractivity (Wildman–Crippen MR) is 76.7 cm³/mol. The van der Waals surface area contributed by atoms with Crippen molar-refractivity contribution in [1.82, 2.24) is 4.90 Å². The van der Waals surface area contributed by atoms with E-state index in [1.807, 2.05) is 0 Å². The highest BCUT2D eigenvalue weighted by molar-refractivity contribution is 5.63. The molecule has 1 aliphatic heterocycles. The zero-order valence-corrected chi connectivity index (χ0v) is 12.0. The van der Waals surface area contributed by atoms with E-state index in [9.17, 15) is 13.2 Å². The van der Waals surface area contributed by atoms with Crippen molar-refractivity contribution >= 4 is 11.4 Å². The minimum absolute atomic E-state index is 0.0722. The lowest BCUT2D eigenvalue weighted by molar-refractivity contribution is -0.153. The van der Waals surface area contributed by atoms with Crippen molar-refractivity contribution < 1.29 is 17.9 Å². The first kappa shape index (κ1) is 15.8. The topological polar surface area (TPSA) is 41.7 Å². The zero-order chi connectivity index (χ0) is 15.5. The van der Waals surface area contributed by atoms with E-state index >= 15 is 0 Å². The SMILES string of the molecule is CN1CCCN(c2ccc(OCC(F)(F)F)c(N)c2)CC1. The van der Waals surface area contributed by atoms with E-state index in [2.05, 4.69) is 16.8 Å². The van der Waals surface area contributed by atoms with Gasteiger partial charge in [0.15, 0.2) is 6.61 Å². The molecule has 1 saturated heterocycles. The Morgan fingerprint density at radius 3 is 2.62 bits per heavy atom. The molecule has 118 valence electrons. The molecule has 0 spiro atoms. The summed E-state index contributed by atoms with van der Waals surface area (Å²) in [6.07, 6.45) is -3.32. The highest BCUT2D eigenvalue weighted by Gasteiger charge is 2.28. The monoisotopic (exact) mass is 303 g/mol. The van der Waals surface area contributed by atoms with Crippen molar-refractivity contribution in [3.8, 4) is 5.75 Å². The molecule has 0 atom stereocenters. The first-order valence-corrected chi connectivity index (χ1v) is 6.88. The third-order valence-corrected chi connectivity index (χ3v) is 3.47. The number of ether oxygens (including phenoxy) is 1. The summed E-state index contributed by atoms with van der Waals surface area (Å²) in [5, 5.41) is 0. The van der Waals surface area contributed by atoms with Crippen LogP contribution < -0.4 is 15.4 Å². The summed E-state index contributed by atoms with van der Waals surface area (Å²) in [4.78, 5) is 4.44. The largest absolute Gasteiger partial charge is 0.482 e. The molecule has 7 heteroatoms. The number of rotatable bonds is 3. The van der Waals surface area contributed by atoms with E-state index in [1.165, 1.54) is 6.07 Å². The molecule has 1 heterocycles. The number of nitrogen functional groups attached to an aromatic ring is 1. The number of alkyl halides is 3. The van der Waals surface area contributed by atoms with E-state index in [0.717, 1.165) is 38.3 Å². The number of nitrogens with two attached hydrogens (primary N) is 1. The Labute approximate surface area is 122 Å². The maximum atomic E-state index is 12.1. The van der Waals surface area contributed by atoms with Gasteiger partial charge in [-0.2, -0.15) is 13.2 Å². The normalized spacial score (nSPS) is 17.6. The number of hydrogen-bond acceptors (Lipinski definition) is 4. The molecule has 21 heavy (non-hydrogen) atoms. The van der Waals surface area contributed by atoms with Crippen LogP contribution in [0.3, 0.4) is 0 Å². The number of halogens is 3. The average molecular weight is 303 g/mol. The quantitative estimate of drug-likeness (QED) is 0.870. The first-order valence-electron chi connectivity index (χ1n) is 6.88. The summed E-state index contributed by atoms with van der Waals surface area (Å²) in [6.45, 7) is 2.45. The van der Waals surface area contributed by atoms with Gasteiger partial charge in [-0.25, -0.2) is 0 Å². The molecule has 4 nitrogen and oxygen atoms in total. The molecular formula is C14H20F3N3O. The molecule has 2 rings (SSSR count). The molecule has 0 aromatic heterocycles. The Bertz CT molecular complexity index is 479. The van der Waals surface area contributed by atoms with Gasteiger partial charge in [-0.1, -0.05) is 0 Å². The van der Waals surface area contributed by atoms with Gasteiger partial charge < -0.3 is 20.3 Å². The standard InChI is InChI=1S/C14H20F3N3O/c1-19-5-2-6-20(8-7-19)11-3-4-13(12(18)9-11)21-10-14(15,16)17/h3-4,9H,2,5-8,10,18H2,1H3. The van der Waals surface area contributed by atoms with E-state index < -0.39 is 12.8 Å². The number of benzene rings is 1. The van der Waals surface area contributed by atoms with Gasteiger partial charge in [0.05, 0.1) is 5.69 Å². The molecule has 1 aliphatic rings. The van der Waals surface area contributed by atoms with Crippen molar-refractivity contribution in [1.29, 1.82) is 0 Å². The Kier molecular flexibility index (Phi) is 4.82. The number of likely N-dealkylation sites (N-methyl/N-ethyl adjacent to an activating group) is 1. The highest BCUT2D eigenvalue weighted by Crippen LogP contribution is 2.29. The fourth-order valence-electron chi connectivity index (χ4n) is 2.33. The molecular weight excluding hydrogens is 283 g/mol. The summed E-state index contributed by atoms with van der Waals surface area (Å²) in [5.41, 5.74) is 6.94. The molecule has 0 aliphatic carbocycles. The molecule has 1 fully saturated rings. The average Bonchev–Trinajstić information content (AvgIpc) is 2.61. The van der Waals surface area contributed by atoms with Crippen LogP contribution in [-0.2, 0) is 0 Å². The van der Waals surface area contributed by atoms with Crippen molar-refractivity contribution in [3.63, 3.8) is 0 Å². The maximum absolute atomic E-state index is 12.1. The van der Waals surface area contributed by atoms with Gasteiger partial charge >= 0.3 is 6.18 Å². The molecule has 0 saturated carbocycles. The van der Waals surface area contributed by atoms with E-state index in [1.54, 1.807) is 12.1 Å². The number of nitrogens with zero attached hydrogens (tertiary/aromatic N) is 2. The second-order valence-corrected chi connectivity index (χ2v) is 5.27. The summed E-state index contributed by atoms with van der Waals surface area (Å²) in [5.74, 6) is 0.0722. The molecule has 0 unspecified atom stereocenters. The summed E-state index contributed by atoms with van der Waals surface area (Å²) in [7, 11) is 2.08. The van der Waals surface area contributed by atoms with Crippen LogP contribution in [0.2, 0.25) is 0 Å². The van der Waals surface area contributed by atoms with Gasteiger partial charge in [-0.3, -0.25) is 0 Å². The minimum Gasteiger partial charge on any atom is -0.482 e. The van der Waals surface area contributed by atoms with Gasteiger partial charge in [0.2, 0.25) is 0 Å². The Morgan fingerprint density at radius 2 is 1.95 bits per heavy atom. The molecule has 0 amide bonds. The van der Waals surface area contributed by atoms with Crippen LogP contribution in [0.5, 0.6) is 5.75 Å². The van der Waals surface area contributed by atoms with Crippen LogP contribution in [0.25, 0.3) is 0 Å². The number of hydrogen-bond donors (Lipinski definition) is 1. The van der Waals surface area contributed by atoms with Gasteiger partial charge in [-0.05, 0) is 38.2 Å². The van der Waals surface area contributed by atoms with Crippen molar-refractivity contribution in [2.75, 3.05) is 50.5 Å². The van der Waals surface area contributed by atoms with Crippen LogP contribution in [-0.4, -0.2) is 50.9 Å². The number of anilines is 2. The second-order valence-electron chi connectivity index (χ2n) is 5.27. The maximum Gasteiger partial charge on any atom is 0.422 e. The summed E-state index contributed by atoms with van der Waals surface area (Å²) < 4.78 is 41.1. The fourth-order valence-corrected chi connectivity index (χ4v) is 2.33. The third kappa shape index (κ3) is 4.70.